The van der Waals surface area contributed by atoms with Crippen molar-refractivity contribution >= 4 is 11.4 Å². The molecule has 7 N–H and O–H groups in total. The fraction of sp³-hybridized carbons (Fsp3) is 0. The van der Waals surface area contributed by atoms with E-state index in [1.165, 1.54) is 12.1 Å². The van der Waals surface area contributed by atoms with Crippen LogP contribution in [0.2, 0.25) is 0 Å². The van der Waals surface area contributed by atoms with E-state index in [0.717, 1.165) is 28.0 Å². The van der Waals surface area contributed by atoms with Crippen LogP contribution in [0.4, 0.5) is 11.4 Å². The van der Waals surface area contributed by atoms with Crippen LogP contribution in [0, 0.1) is 0 Å². The minimum absolute atomic E-state index is 0.0133. The molecule has 0 aliphatic heterocycles. The summed E-state index contributed by atoms with van der Waals surface area (Å²) in [6, 6.07) is 49.5. The number of hydrogen-bond donors (Lipinski definition) is 5. The van der Waals surface area contributed by atoms with Gasteiger partial charge in [-0.25, -0.2) is 0 Å². The molecular formula is C42H34N2O6. The number of benzene rings is 7. The SMILES string of the molecule is Nc1ccc(Oc2ccc(-c3ccc(Oc4ccc(N)c(O)c4)cc3)cc2)cc1O.Oc1ccccc1Oc1ccccc1-c1ccccc1. The molecule has 0 bridgehead atoms. The van der Waals surface area contributed by atoms with Gasteiger partial charge in [0.05, 0.1) is 11.4 Å². The molecule has 7 rings (SSSR count). The van der Waals surface area contributed by atoms with Crippen LogP contribution in [0.15, 0.2) is 164 Å². The van der Waals surface area contributed by atoms with Crippen LogP contribution in [0.3, 0.4) is 0 Å². The molecule has 8 heteroatoms. The molecule has 0 heterocycles. The number of phenolic OH excluding ortho intramolecular Hbond substituents is 3. The molecule has 50 heavy (non-hydrogen) atoms. The van der Waals surface area contributed by atoms with Gasteiger partial charge in [-0.2, -0.15) is 0 Å². The van der Waals surface area contributed by atoms with Crippen LogP contribution >= 0.6 is 0 Å². The van der Waals surface area contributed by atoms with Crippen molar-refractivity contribution in [1.82, 2.24) is 0 Å². The summed E-state index contributed by atoms with van der Waals surface area (Å²) in [7, 11) is 0. The largest absolute Gasteiger partial charge is 0.506 e. The highest BCUT2D eigenvalue weighted by molar-refractivity contribution is 5.71. The summed E-state index contributed by atoms with van der Waals surface area (Å²) in [5.41, 5.74) is 15.9. The second kappa shape index (κ2) is 15.2. The van der Waals surface area contributed by atoms with E-state index in [2.05, 4.69) is 0 Å². The summed E-state index contributed by atoms with van der Waals surface area (Å²) in [5, 5.41) is 29.2. The third-order valence-corrected chi connectivity index (χ3v) is 7.57. The lowest BCUT2D eigenvalue weighted by Crippen LogP contribution is -1.89. The van der Waals surface area contributed by atoms with Crippen molar-refractivity contribution in [3.63, 3.8) is 0 Å². The molecule has 0 unspecified atom stereocenters. The van der Waals surface area contributed by atoms with Crippen molar-refractivity contribution in [3.8, 4) is 74.0 Å². The number of aromatic hydroxyl groups is 3. The van der Waals surface area contributed by atoms with Gasteiger partial charge in [-0.05, 0) is 83.4 Å². The number of phenols is 3. The van der Waals surface area contributed by atoms with Gasteiger partial charge in [-0.15, -0.1) is 0 Å². The summed E-state index contributed by atoms with van der Waals surface area (Å²) in [5.74, 6) is 3.58. The number of rotatable bonds is 8. The fourth-order valence-corrected chi connectivity index (χ4v) is 4.95. The van der Waals surface area contributed by atoms with E-state index < -0.39 is 0 Å². The standard InChI is InChI=1S/C24H20N2O4.C18H14O2/c25-21-11-9-19(13-23(21)27)29-17-5-1-15(2-6-17)16-3-7-18(8-4-16)30-20-10-12-22(26)24(28)14-20;19-16-11-5-7-13-18(16)20-17-12-6-4-10-15(17)14-8-2-1-3-9-14/h1-14,27-28H,25-26H2;1-13,19H. The number of anilines is 2. The molecule has 7 aromatic carbocycles. The van der Waals surface area contributed by atoms with Crippen molar-refractivity contribution in [1.29, 1.82) is 0 Å². The summed E-state index contributed by atoms with van der Waals surface area (Å²) >= 11 is 0. The molecule has 0 fully saturated rings. The van der Waals surface area contributed by atoms with Gasteiger partial charge in [0.25, 0.3) is 0 Å². The molecule has 248 valence electrons. The average molecular weight is 663 g/mol. The van der Waals surface area contributed by atoms with E-state index in [1.807, 2.05) is 109 Å². The quantitative estimate of drug-likeness (QED) is 0.0800. The fourth-order valence-electron chi connectivity index (χ4n) is 4.95. The summed E-state index contributed by atoms with van der Waals surface area (Å²) in [6.07, 6.45) is 0. The van der Waals surface area contributed by atoms with Gasteiger partial charge in [0, 0.05) is 17.7 Å². The maximum absolute atomic E-state index is 9.81. The first-order chi connectivity index (χ1) is 24.3. The Balaban J connectivity index is 0.000000187. The molecule has 0 aromatic heterocycles. The Kier molecular flexibility index (Phi) is 10.0. The van der Waals surface area contributed by atoms with E-state index >= 15 is 0 Å². The maximum atomic E-state index is 9.81. The van der Waals surface area contributed by atoms with E-state index in [-0.39, 0.29) is 17.2 Å². The van der Waals surface area contributed by atoms with Crippen molar-refractivity contribution in [3.05, 3.63) is 164 Å². The lowest BCUT2D eigenvalue weighted by atomic mass is 10.0. The van der Waals surface area contributed by atoms with Crippen molar-refractivity contribution in [2.75, 3.05) is 11.5 Å². The zero-order valence-electron chi connectivity index (χ0n) is 26.8. The van der Waals surface area contributed by atoms with E-state index in [1.54, 1.807) is 42.5 Å². The second-order valence-corrected chi connectivity index (χ2v) is 11.1. The molecule has 0 aliphatic carbocycles. The van der Waals surface area contributed by atoms with Crippen LogP contribution < -0.4 is 25.7 Å². The van der Waals surface area contributed by atoms with Gasteiger partial charge in [-0.3, -0.25) is 0 Å². The monoisotopic (exact) mass is 662 g/mol. The minimum atomic E-state index is -0.0133. The smallest absolute Gasteiger partial charge is 0.169 e. The molecule has 8 nitrogen and oxygen atoms in total. The summed E-state index contributed by atoms with van der Waals surface area (Å²) in [4.78, 5) is 0. The lowest BCUT2D eigenvalue weighted by Gasteiger charge is -2.12. The topological polar surface area (TPSA) is 140 Å². The van der Waals surface area contributed by atoms with Crippen molar-refractivity contribution in [2.24, 2.45) is 0 Å². The van der Waals surface area contributed by atoms with E-state index in [9.17, 15) is 15.3 Å². The van der Waals surface area contributed by atoms with Crippen LogP contribution in [0.5, 0.6) is 51.7 Å². The van der Waals surface area contributed by atoms with Crippen LogP contribution in [-0.4, -0.2) is 15.3 Å². The molecule has 0 amide bonds. The number of para-hydroxylation sites is 3. The van der Waals surface area contributed by atoms with Gasteiger partial charge in [0.2, 0.25) is 0 Å². The van der Waals surface area contributed by atoms with Gasteiger partial charge >= 0.3 is 0 Å². The van der Waals surface area contributed by atoms with Crippen LogP contribution in [0.25, 0.3) is 22.3 Å². The molecule has 0 atom stereocenters. The molecule has 0 aliphatic rings. The number of ether oxygens (including phenoxy) is 3. The molecular weight excluding hydrogens is 628 g/mol. The highest BCUT2D eigenvalue weighted by atomic mass is 16.5. The zero-order chi connectivity index (χ0) is 34.9. The molecule has 0 radical (unpaired) electrons. The van der Waals surface area contributed by atoms with E-state index in [4.69, 9.17) is 25.7 Å². The summed E-state index contributed by atoms with van der Waals surface area (Å²) in [6.45, 7) is 0. The lowest BCUT2D eigenvalue weighted by molar-refractivity contribution is 0.412. The maximum Gasteiger partial charge on any atom is 0.169 e. The highest BCUT2D eigenvalue weighted by Gasteiger charge is 2.09. The van der Waals surface area contributed by atoms with Gasteiger partial charge in [-0.1, -0.05) is 84.9 Å². The van der Waals surface area contributed by atoms with Crippen LogP contribution in [-0.2, 0) is 0 Å². The molecule has 0 saturated heterocycles. The first-order valence-corrected chi connectivity index (χ1v) is 15.7. The van der Waals surface area contributed by atoms with Gasteiger partial charge in [0.1, 0.15) is 40.2 Å². The van der Waals surface area contributed by atoms with Crippen LogP contribution in [0.1, 0.15) is 0 Å². The Hall–Kier alpha value is -7.06. The number of nitrogens with two attached hydrogens (primary N) is 2. The first kappa shape index (κ1) is 32.9. The number of hydrogen-bond acceptors (Lipinski definition) is 8. The summed E-state index contributed by atoms with van der Waals surface area (Å²) < 4.78 is 17.3. The molecule has 0 saturated carbocycles. The number of nitrogen functional groups attached to an aromatic ring is 2. The third kappa shape index (κ3) is 8.26. The molecule has 7 aromatic rings. The van der Waals surface area contributed by atoms with Crippen molar-refractivity contribution in [2.45, 2.75) is 0 Å². The average Bonchev–Trinajstić information content (AvgIpc) is 3.14. The van der Waals surface area contributed by atoms with Crippen molar-refractivity contribution < 1.29 is 29.5 Å². The van der Waals surface area contributed by atoms with E-state index in [0.29, 0.717) is 40.1 Å². The minimum Gasteiger partial charge on any atom is -0.506 e. The zero-order valence-corrected chi connectivity index (χ0v) is 26.8. The normalized spacial score (nSPS) is 10.4. The Labute approximate surface area is 289 Å². The Morgan fingerprint density at radius 3 is 1.28 bits per heavy atom. The predicted molar refractivity (Wildman–Crippen MR) is 197 cm³/mol. The highest BCUT2D eigenvalue weighted by Crippen LogP contribution is 2.37. The predicted octanol–water partition coefficient (Wildman–Crippen LogP) is 10.4. The Morgan fingerprint density at radius 2 is 0.780 bits per heavy atom. The Morgan fingerprint density at radius 1 is 0.340 bits per heavy atom. The molecule has 0 spiro atoms. The Bertz CT molecular complexity index is 2090. The second-order valence-electron chi connectivity index (χ2n) is 11.1. The first-order valence-electron chi connectivity index (χ1n) is 15.7. The third-order valence-electron chi connectivity index (χ3n) is 7.57. The van der Waals surface area contributed by atoms with Gasteiger partial charge in [0.15, 0.2) is 11.5 Å². The van der Waals surface area contributed by atoms with Gasteiger partial charge < -0.3 is 41.0 Å².